The molecule has 0 saturated carbocycles. The maximum Gasteiger partial charge on any atom is 0.239 e. The zero-order valence-corrected chi connectivity index (χ0v) is 17.4. The van der Waals surface area contributed by atoms with Crippen molar-refractivity contribution < 1.29 is 4.79 Å². The van der Waals surface area contributed by atoms with Gasteiger partial charge in [0.05, 0.1) is 11.7 Å². The van der Waals surface area contributed by atoms with Crippen molar-refractivity contribution in [1.29, 1.82) is 0 Å². The number of fused-ring (bicyclic) bond motifs is 1. The monoisotopic (exact) mass is 419 g/mol. The molecule has 6 nitrogen and oxygen atoms in total. The predicted molar refractivity (Wildman–Crippen MR) is 113 cm³/mol. The quantitative estimate of drug-likeness (QED) is 0.774. The molecule has 3 heterocycles. The second-order valence-electron chi connectivity index (χ2n) is 6.19. The zero-order valence-electron chi connectivity index (χ0n) is 14.9. The molecule has 2 aromatic heterocycles. The van der Waals surface area contributed by atoms with Gasteiger partial charge in [-0.2, -0.15) is 11.8 Å². The number of aromatic nitrogens is 2. The number of imidazole rings is 1. The fourth-order valence-electron chi connectivity index (χ4n) is 3.02. The number of nitrogens with two attached hydrogens (primary N) is 1. The van der Waals surface area contributed by atoms with Crippen molar-refractivity contribution in [3.8, 4) is 0 Å². The molecule has 146 valence electrons. The van der Waals surface area contributed by atoms with Crippen LogP contribution in [0, 0.1) is 0 Å². The number of amides is 1. The molecule has 0 unspecified atom stereocenters. The number of halogens is 2. The van der Waals surface area contributed by atoms with Gasteiger partial charge in [-0.15, -0.1) is 24.8 Å². The van der Waals surface area contributed by atoms with Crippen LogP contribution in [-0.4, -0.2) is 69.3 Å². The van der Waals surface area contributed by atoms with E-state index in [-0.39, 0.29) is 36.8 Å². The molecule has 1 aliphatic heterocycles. The standard InChI is InChI=1S/C17H25N5OS.2ClH/c1-24-11-5-15(18)17(23)21-9-7-20(8-10-21)12-14-13-22-6-3-2-4-16(22)19-14;;/h2-4,6,13,15H,5,7-12,18H2,1H3;2*1H/t15-;;/m0../s1. The maximum atomic E-state index is 12.3. The number of pyridine rings is 1. The van der Waals surface area contributed by atoms with Crippen LogP contribution in [0.25, 0.3) is 5.65 Å². The highest BCUT2D eigenvalue weighted by atomic mass is 35.5. The van der Waals surface area contributed by atoms with E-state index in [4.69, 9.17) is 5.73 Å². The largest absolute Gasteiger partial charge is 0.339 e. The second-order valence-corrected chi connectivity index (χ2v) is 7.17. The van der Waals surface area contributed by atoms with E-state index in [0.29, 0.717) is 0 Å². The molecule has 1 fully saturated rings. The number of nitrogens with zero attached hydrogens (tertiary/aromatic N) is 4. The van der Waals surface area contributed by atoms with E-state index in [2.05, 4.69) is 16.1 Å². The summed E-state index contributed by atoms with van der Waals surface area (Å²) in [5, 5.41) is 0. The summed E-state index contributed by atoms with van der Waals surface area (Å²) >= 11 is 1.73. The molecule has 0 bridgehead atoms. The third-order valence-electron chi connectivity index (χ3n) is 4.43. The van der Waals surface area contributed by atoms with Gasteiger partial charge in [0.1, 0.15) is 5.65 Å². The van der Waals surface area contributed by atoms with Gasteiger partial charge in [0, 0.05) is 45.1 Å². The minimum absolute atomic E-state index is 0. The Morgan fingerprint density at radius 3 is 2.65 bits per heavy atom. The van der Waals surface area contributed by atoms with Gasteiger partial charge in [-0.3, -0.25) is 9.69 Å². The van der Waals surface area contributed by atoms with Gasteiger partial charge in [0.2, 0.25) is 5.91 Å². The molecule has 1 aliphatic rings. The summed E-state index contributed by atoms with van der Waals surface area (Å²) in [6.45, 7) is 4.06. The molecular formula is C17H27Cl2N5OS. The van der Waals surface area contributed by atoms with Crippen molar-refractivity contribution in [3.63, 3.8) is 0 Å². The SMILES string of the molecule is CSCC[C@H](N)C(=O)N1CCN(Cc2cn3ccccc3n2)CC1.Cl.Cl. The van der Waals surface area contributed by atoms with Crippen LogP contribution in [0.1, 0.15) is 12.1 Å². The summed E-state index contributed by atoms with van der Waals surface area (Å²) in [7, 11) is 0. The summed E-state index contributed by atoms with van der Waals surface area (Å²) in [4.78, 5) is 21.2. The van der Waals surface area contributed by atoms with Crippen LogP contribution in [0.15, 0.2) is 30.6 Å². The Kier molecular flexibility index (Phi) is 9.74. The second kappa shape index (κ2) is 11.0. The van der Waals surface area contributed by atoms with Gasteiger partial charge in [-0.1, -0.05) is 6.07 Å². The number of thioether (sulfide) groups is 1. The molecule has 2 aromatic rings. The predicted octanol–water partition coefficient (Wildman–Crippen LogP) is 1.90. The lowest BCUT2D eigenvalue weighted by Crippen LogP contribution is -2.53. The van der Waals surface area contributed by atoms with Gasteiger partial charge in [0.25, 0.3) is 0 Å². The first-order valence-corrected chi connectivity index (χ1v) is 9.75. The zero-order chi connectivity index (χ0) is 16.9. The molecule has 2 N–H and O–H groups in total. The van der Waals surface area contributed by atoms with Crippen molar-refractivity contribution in [1.82, 2.24) is 19.2 Å². The Labute approximate surface area is 171 Å². The Bertz CT molecular complexity index is 658. The van der Waals surface area contributed by atoms with E-state index in [0.717, 1.165) is 56.2 Å². The third kappa shape index (κ3) is 5.76. The molecule has 1 amide bonds. The molecule has 9 heteroatoms. The minimum Gasteiger partial charge on any atom is -0.339 e. The molecule has 1 atom stereocenters. The number of hydrogen-bond donors (Lipinski definition) is 1. The molecule has 0 aliphatic carbocycles. The molecule has 1 saturated heterocycles. The van der Waals surface area contributed by atoms with E-state index < -0.39 is 0 Å². The average molecular weight is 420 g/mol. The highest BCUT2D eigenvalue weighted by Gasteiger charge is 2.25. The van der Waals surface area contributed by atoms with Crippen LogP contribution < -0.4 is 5.73 Å². The molecule has 0 radical (unpaired) electrons. The summed E-state index contributed by atoms with van der Waals surface area (Å²) in [5.41, 5.74) is 8.04. The van der Waals surface area contributed by atoms with Crippen molar-refractivity contribution >= 4 is 48.1 Å². The van der Waals surface area contributed by atoms with Crippen LogP contribution >= 0.6 is 36.6 Å². The summed E-state index contributed by atoms with van der Waals surface area (Å²) < 4.78 is 2.04. The van der Waals surface area contributed by atoms with Gasteiger partial charge >= 0.3 is 0 Å². The van der Waals surface area contributed by atoms with Crippen molar-refractivity contribution in [2.45, 2.75) is 19.0 Å². The Hall–Kier alpha value is -0.990. The summed E-state index contributed by atoms with van der Waals surface area (Å²) in [6.07, 6.45) is 6.88. The summed E-state index contributed by atoms with van der Waals surface area (Å²) in [6, 6.07) is 5.65. The fraction of sp³-hybridized carbons (Fsp3) is 0.529. The minimum atomic E-state index is -0.359. The lowest BCUT2D eigenvalue weighted by Gasteiger charge is -2.35. The van der Waals surface area contributed by atoms with E-state index in [1.54, 1.807) is 11.8 Å². The molecular weight excluding hydrogens is 393 g/mol. The van der Waals surface area contributed by atoms with Crippen LogP contribution in [0.4, 0.5) is 0 Å². The van der Waals surface area contributed by atoms with Gasteiger partial charge in [0.15, 0.2) is 0 Å². The first-order chi connectivity index (χ1) is 11.7. The van der Waals surface area contributed by atoms with Crippen molar-refractivity contribution in [2.24, 2.45) is 5.73 Å². The Balaban J connectivity index is 0.00000169. The maximum absolute atomic E-state index is 12.3. The molecule has 26 heavy (non-hydrogen) atoms. The third-order valence-corrected chi connectivity index (χ3v) is 5.08. The van der Waals surface area contributed by atoms with Crippen LogP contribution in [0.3, 0.4) is 0 Å². The average Bonchev–Trinajstić information content (AvgIpc) is 3.02. The fourth-order valence-corrected chi connectivity index (χ4v) is 3.51. The van der Waals surface area contributed by atoms with Crippen molar-refractivity contribution in [2.75, 3.05) is 38.2 Å². The highest BCUT2D eigenvalue weighted by Crippen LogP contribution is 2.11. The van der Waals surface area contributed by atoms with Crippen LogP contribution in [0.2, 0.25) is 0 Å². The lowest BCUT2D eigenvalue weighted by atomic mass is 10.2. The number of carbonyl (C=O) groups is 1. The normalized spacial score (nSPS) is 16.0. The van der Waals surface area contributed by atoms with Gasteiger partial charge < -0.3 is 15.0 Å². The highest BCUT2D eigenvalue weighted by molar-refractivity contribution is 7.98. The van der Waals surface area contributed by atoms with Crippen LogP contribution in [-0.2, 0) is 11.3 Å². The smallest absolute Gasteiger partial charge is 0.239 e. The Morgan fingerprint density at radius 1 is 1.27 bits per heavy atom. The van der Waals surface area contributed by atoms with Gasteiger partial charge in [-0.05, 0) is 30.6 Å². The first kappa shape index (κ1) is 23.0. The summed E-state index contributed by atoms with van der Waals surface area (Å²) in [5.74, 6) is 1.03. The number of rotatable bonds is 6. The van der Waals surface area contributed by atoms with E-state index in [1.807, 2.05) is 40.0 Å². The lowest BCUT2D eigenvalue weighted by molar-refractivity contribution is -0.134. The van der Waals surface area contributed by atoms with Crippen molar-refractivity contribution in [3.05, 3.63) is 36.3 Å². The molecule has 3 rings (SSSR count). The van der Waals surface area contributed by atoms with E-state index >= 15 is 0 Å². The first-order valence-electron chi connectivity index (χ1n) is 8.35. The van der Waals surface area contributed by atoms with Gasteiger partial charge in [-0.25, -0.2) is 4.98 Å². The molecule has 0 aromatic carbocycles. The molecule has 0 spiro atoms. The number of carbonyl (C=O) groups excluding carboxylic acids is 1. The van der Waals surface area contributed by atoms with E-state index in [1.165, 1.54) is 0 Å². The number of piperazine rings is 1. The van der Waals surface area contributed by atoms with Crippen LogP contribution in [0.5, 0.6) is 0 Å². The topological polar surface area (TPSA) is 66.9 Å². The number of hydrogen-bond acceptors (Lipinski definition) is 5. The Morgan fingerprint density at radius 2 is 2.00 bits per heavy atom. The van der Waals surface area contributed by atoms with E-state index in [9.17, 15) is 4.79 Å².